The fourth-order valence-electron chi connectivity index (χ4n) is 2.10. The number of ether oxygens (including phenoxy) is 2. The topological polar surface area (TPSA) is 138 Å². The Morgan fingerprint density at radius 1 is 1.14 bits per heavy atom. The number of anilines is 1. The first-order chi connectivity index (χ1) is 13.4. The Bertz CT molecular complexity index is 1060. The van der Waals surface area contributed by atoms with Crippen molar-refractivity contribution in [2.24, 2.45) is 7.05 Å². The highest BCUT2D eigenvalue weighted by molar-refractivity contribution is 7.92. The van der Waals surface area contributed by atoms with Gasteiger partial charge < -0.3 is 9.47 Å². The maximum Gasteiger partial charge on any atom is 0.358 e. The molecule has 1 N–H and O–H groups in total. The quantitative estimate of drug-likeness (QED) is 0.566. The summed E-state index contributed by atoms with van der Waals surface area (Å²) in [5.41, 5.74) is -0.0325. The molecule has 0 saturated carbocycles. The molecule has 0 saturated heterocycles. The van der Waals surface area contributed by atoms with Crippen LogP contribution in [0.25, 0.3) is 0 Å². The minimum Gasteiger partial charge on any atom is -0.486 e. The highest BCUT2D eigenvalue weighted by atomic mass is 32.2. The van der Waals surface area contributed by atoms with Crippen LogP contribution in [0.1, 0.15) is 16.3 Å². The van der Waals surface area contributed by atoms with E-state index in [9.17, 15) is 13.2 Å². The summed E-state index contributed by atoms with van der Waals surface area (Å²) in [6, 6.07) is 5.84. The van der Waals surface area contributed by atoms with Crippen molar-refractivity contribution in [1.29, 1.82) is 0 Å². The minimum atomic E-state index is -3.88. The molecule has 146 valence electrons. The Morgan fingerprint density at radius 3 is 2.46 bits per heavy atom. The van der Waals surface area contributed by atoms with E-state index in [2.05, 4.69) is 29.5 Å². The number of benzene rings is 1. The third-order valence-corrected chi connectivity index (χ3v) is 4.96. The molecule has 0 amide bonds. The smallest absolute Gasteiger partial charge is 0.358 e. The molecular weight excluding hydrogens is 388 g/mol. The molecule has 1 aromatic carbocycles. The molecule has 2 aromatic heterocycles. The molecule has 2 heterocycles. The number of hydrogen-bond acceptors (Lipinski definition) is 9. The third kappa shape index (κ3) is 4.40. The van der Waals surface area contributed by atoms with Gasteiger partial charge in [-0.2, -0.15) is 5.10 Å². The van der Waals surface area contributed by atoms with Crippen LogP contribution in [0.5, 0.6) is 5.75 Å². The van der Waals surface area contributed by atoms with Crippen molar-refractivity contribution in [3.63, 3.8) is 0 Å². The van der Waals surface area contributed by atoms with E-state index in [-0.39, 0.29) is 23.0 Å². The Hall–Kier alpha value is -3.54. The number of carbonyl (C=O) groups excluding carboxylic acids is 1. The molecule has 3 rings (SSSR count). The van der Waals surface area contributed by atoms with Crippen molar-refractivity contribution >= 4 is 21.8 Å². The van der Waals surface area contributed by atoms with Crippen LogP contribution in [0.3, 0.4) is 0 Å². The molecule has 28 heavy (non-hydrogen) atoms. The van der Waals surface area contributed by atoms with Gasteiger partial charge in [0.1, 0.15) is 18.7 Å². The molecule has 11 nitrogen and oxygen atoms in total. The Morgan fingerprint density at radius 2 is 1.89 bits per heavy atom. The van der Waals surface area contributed by atoms with Crippen molar-refractivity contribution < 1.29 is 22.7 Å². The molecule has 0 aliphatic carbocycles. The number of nitrogens with one attached hydrogen (secondary N) is 1. The molecule has 0 unspecified atom stereocenters. The van der Waals surface area contributed by atoms with E-state index >= 15 is 0 Å². The van der Waals surface area contributed by atoms with Gasteiger partial charge in [-0.25, -0.2) is 28.2 Å². The fourth-order valence-corrected chi connectivity index (χ4v) is 3.09. The minimum absolute atomic E-state index is 0.0114. The van der Waals surface area contributed by atoms with Crippen molar-refractivity contribution in [3.05, 3.63) is 54.5 Å². The van der Waals surface area contributed by atoms with E-state index in [1.54, 1.807) is 11.7 Å². The first-order valence-corrected chi connectivity index (χ1v) is 9.36. The average molecular weight is 404 g/mol. The first kappa shape index (κ1) is 19.2. The van der Waals surface area contributed by atoms with Crippen LogP contribution in [-0.4, -0.2) is 46.2 Å². The van der Waals surface area contributed by atoms with Gasteiger partial charge in [0.15, 0.2) is 17.3 Å². The number of carbonyl (C=O) groups is 1. The van der Waals surface area contributed by atoms with Gasteiger partial charge in [-0.1, -0.05) is 0 Å². The lowest BCUT2D eigenvalue weighted by Crippen LogP contribution is -2.15. The molecule has 0 aliphatic rings. The Kier molecular flexibility index (Phi) is 5.49. The van der Waals surface area contributed by atoms with Crippen molar-refractivity contribution in [1.82, 2.24) is 24.7 Å². The van der Waals surface area contributed by atoms with E-state index in [4.69, 9.17) is 4.74 Å². The van der Waals surface area contributed by atoms with E-state index < -0.39 is 16.0 Å². The van der Waals surface area contributed by atoms with E-state index in [1.807, 2.05) is 0 Å². The zero-order valence-corrected chi connectivity index (χ0v) is 15.8. The third-order valence-electron chi connectivity index (χ3n) is 3.59. The summed E-state index contributed by atoms with van der Waals surface area (Å²) < 4.78 is 38.8. The zero-order valence-electron chi connectivity index (χ0n) is 14.9. The summed E-state index contributed by atoms with van der Waals surface area (Å²) >= 11 is 0. The monoisotopic (exact) mass is 404 g/mol. The second-order valence-corrected chi connectivity index (χ2v) is 7.13. The predicted molar refractivity (Wildman–Crippen MR) is 96.0 cm³/mol. The van der Waals surface area contributed by atoms with Gasteiger partial charge in [-0.3, -0.25) is 9.40 Å². The average Bonchev–Trinajstić information content (AvgIpc) is 3.11. The molecule has 0 radical (unpaired) electrons. The summed E-state index contributed by atoms with van der Waals surface area (Å²) in [5.74, 6) is 0.408. The Balaban J connectivity index is 1.66. The predicted octanol–water partition coefficient (Wildman–Crippen LogP) is 0.771. The number of aryl methyl sites for hydroxylation is 1. The van der Waals surface area contributed by atoms with Gasteiger partial charge in [0, 0.05) is 7.05 Å². The van der Waals surface area contributed by atoms with E-state index in [0.29, 0.717) is 11.6 Å². The molecule has 0 atom stereocenters. The van der Waals surface area contributed by atoms with Crippen molar-refractivity contribution in [3.8, 4) is 5.75 Å². The summed E-state index contributed by atoms with van der Waals surface area (Å²) in [4.78, 5) is 23.0. The van der Waals surface area contributed by atoms with Crippen LogP contribution in [0.15, 0.2) is 47.9 Å². The largest absolute Gasteiger partial charge is 0.486 e. The number of nitrogens with zero attached hydrogens (tertiary/aromatic N) is 5. The second kappa shape index (κ2) is 8.00. The van der Waals surface area contributed by atoms with Gasteiger partial charge in [0.25, 0.3) is 10.0 Å². The van der Waals surface area contributed by atoms with Gasteiger partial charge in [0.2, 0.25) is 0 Å². The number of aromatic nitrogens is 5. The number of methoxy groups -OCH3 is 1. The molecule has 12 heteroatoms. The number of hydrogen-bond donors (Lipinski definition) is 1. The molecule has 0 spiro atoms. The number of sulfonamides is 1. The highest BCUT2D eigenvalue weighted by Gasteiger charge is 2.16. The fraction of sp³-hybridized carbons (Fsp3) is 0.188. The lowest BCUT2D eigenvalue weighted by molar-refractivity contribution is 0.0593. The van der Waals surface area contributed by atoms with Crippen LogP contribution in [-0.2, 0) is 28.4 Å². The Labute approximate surface area is 160 Å². The summed E-state index contributed by atoms with van der Waals surface area (Å²) in [5, 5.41) is 3.94. The van der Waals surface area contributed by atoms with Crippen LogP contribution in [0.4, 0.5) is 5.82 Å². The van der Waals surface area contributed by atoms with Gasteiger partial charge in [-0.15, -0.1) is 0 Å². The van der Waals surface area contributed by atoms with E-state index in [1.165, 1.54) is 37.7 Å². The summed E-state index contributed by atoms with van der Waals surface area (Å²) in [6.07, 6.45) is 3.66. The maximum atomic E-state index is 12.4. The van der Waals surface area contributed by atoms with Crippen LogP contribution in [0.2, 0.25) is 0 Å². The molecular formula is C16H16N6O5S. The molecule has 0 bridgehead atoms. The van der Waals surface area contributed by atoms with Gasteiger partial charge in [-0.05, 0) is 24.3 Å². The van der Waals surface area contributed by atoms with Crippen LogP contribution < -0.4 is 9.46 Å². The van der Waals surface area contributed by atoms with Crippen LogP contribution >= 0.6 is 0 Å². The van der Waals surface area contributed by atoms with Gasteiger partial charge in [0.05, 0.1) is 24.4 Å². The molecule has 0 aliphatic heterocycles. The van der Waals surface area contributed by atoms with Crippen molar-refractivity contribution in [2.45, 2.75) is 11.5 Å². The molecule has 0 fully saturated rings. The van der Waals surface area contributed by atoms with Crippen molar-refractivity contribution in [2.75, 3.05) is 11.8 Å². The number of esters is 1. The van der Waals surface area contributed by atoms with Gasteiger partial charge >= 0.3 is 5.97 Å². The lowest BCUT2D eigenvalue weighted by Gasteiger charge is -2.09. The summed E-state index contributed by atoms with van der Waals surface area (Å²) in [6.45, 7) is 0.197. The normalized spacial score (nSPS) is 11.1. The summed E-state index contributed by atoms with van der Waals surface area (Å²) in [7, 11) is -0.931. The first-order valence-electron chi connectivity index (χ1n) is 7.88. The highest BCUT2D eigenvalue weighted by Crippen LogP contribution is 2.19. The lowest BCUT2D eigenvalue weighted by atomic mass is 10.3. The standard InChI is InChI=1S/C16H16N6O5S/c1-22-15(19-10-20-22)9-27-11-3-5-12(6-4-11)28(24,25)21-14-8-17-13(7-18-14)16(23)26-2/h3-8,10H,9H2,1-2H3,(H,18,21). The number of rotatable bonds is 7. The SMILES string of the molecule is COC(=O)c1cnc(NS(=O)(=O)c2ccc(OCc3ncnn3C)cc2)cn1. The van der Waals surface area contributed by atoms with Crippen LogP contribution in [0, 0.1) is 0 Å². The van der Waals surface area contributed by atoms with E-state index in [0.717, 1.165) is 12.4 Å². The second-order valence-electron chi connectivity index (χ2n) is 5.44. The zero-order chi connectivity index (χ0) is 20.1. The molecule has 3 aromatic rings. The maximum absolute atomic E-state index is 12.4.